The SMILES string of the molecule is CC1CCC(Oc2nc(CCl)co2)CC1. The maximum Gasteiger partial charge on any atom is 0.394 e. The van der Waals surface area contributed by atoms with E-state index < -0.39 is 0 Å². The van der Waals surface area contributed by atoms with Gasteiger partial charge in [0, 0.05) is 0 Å². The fourth-order valence-corrected chi connectivity index (χ4v) is 2.02. The lowest BCUT2D eigenvalue weighted by atomic mass is 9.89. The number of halogens is 1. The molecule has 0 aliphatic heterocycles. The summed E-state index contributed by atoms with van der Waals surface area (Å²) in [5, 5.41) is 0. The van der Waals surface area contributed by atoms with E-state index in [1.807, 2.05) is 0 Å². The first-order valence-electron chi connectivity index (χ1n) is 5.45. The molecule has 0 aromatic carbocycles. The van der Waals surface area contributed by atoms with E-state index in [-0.39, 0.29) is 6.10 Å². The molecule has 4 heteroatoms. The Kier molecular flexibility index (Phi) is 3.52. The highest BCUT2D eigenvalue weighted by Crippen LogP contribution is 2.26. The summed E-state index contributed by atoms with van der Waals surface area (Å²) in [7, 11) is 0. The molecule has 1 aromatic rings. The average molecular weight is 230 g/mol. The first-order chi connectivity index (χ1) is 7.28. The minimum Gasteiger partial charge on any atom is -0.447 e. The van der Waals surface area contributed by atoms with Gasteiger partial charge >= 0.3 is 6.08 Å². The zero-order valence-electron chi connectivity index (χ0n) is 8.91. The zero-order valence-corrected chi connectivity index (χ0v) is 9.67. The van der Waals surface area contributed by atoms with E-state index in [1.165, 1.54) is 12.8 Å². The van der Waals surface area contributed by atoms with Crippen LogP contribution in [0.25, 0.3) is 0 Å². The highest BCUT2D eigenvalue weighted by Gasteiger charge is 2.21. The standard InChI is InChI=1S/C11H16ClNO2/c1-8-2-4-10(5-3-8)15-11-13-9(6-12)7-14-11/h7-8,10H,2-6H2,1H3. The molecule has 0 atom stereocenters. The lowest BCUT2D eigenvalue weighted by Crippen LogP contribution is -2.23. The Labute approximate surface area is 94.8 Å². The van der Waals surface area contributed by atoms with Gasteiger partial charge in [0.1, 0.15) is 12.4 Å². The second kappa shape index (κ2) is 4.88. The second-order valence-corrected chi connectivity index (χ2v) is 4.51. The number of alkyl halides is 1. The largest absolute Gasteiger partial charge is 0.447 e. The van der Waals surface area contributed by atoms with Crippen LogP contribution in [0, 0.1) is 5.92 Å². The first-order valence-corrected chi connectivity index (χ1v) is 5.98. The summed E-state index contributed by atoms with van der Waals surface area (Å²) in [6.45, 7) is 2.28. The van der Waals surface area contributed by atoms with Crippen LogP contribution in [0.5, 0.6) is 6.08 Å². The predicted molar refractivity (Wildman–Crippen MR) is 58.1 cm³/mol. The van der Waals surface area contributed by atoms with Gasteiger partial charge in [0.15, 0.2) is 0 Å². The topological polar surface area (TPSA) is 35.3 Å². The maximum absolute atomic E-state index is 5.65. The summed E-state index contributed by atoms with van der Waals surface area (Å²) in [4.78, 5) is 4.12. The molecular weight excluding hydrogens is 214 g/mol. The molecule has 0 unspecified atom stereocenters. The van der Waals surface area contributed by atoms with E-state index in [1.54, 1.807) is 6.26 Å². The molecule has 0 saturated heterocycles. The van der Waals surface area contributed by atoms with Crippen LogP contribution in [0.4, 0.5) is 0 Å². The number of hydrogen-bond donors (Lipinski definition) is 0. The fourth-order valence-electron chi connectivity index (χ4n) is 1.89. The van der Waals surface area contributed by atoms with Gasteiger partial charge in [-0.2, -0.15) is 4.98 Å². The minimum absolute atomic E-state index is 0.267. The summed E-state index contributed by atoms with van der Waals surface area (Å²) >= 11 is 5.62. The minimum atomic E-state index is 0.267. The van der Waals surface area contributed by atoms with Crippen molar-refractivity contribution >= 4 is 11.6 Å². The van der Waals surface area contributed by atoms with Crippen molar-refractivity contribution in [2.45, 2.75) is 44.6 Å². The molecule has 0 bridgehead atoms. The normalized spacial score (nSPS) is 26.5. The van der Waals surface area contributed by atoms with Crippen LogP contribution in [0.1, 0.15) is 38.3 Å². The van der Waals surface area contributed by atoms with Crippen LogP contribution in [0.15, 0.2) is 10.7 Å². The monoisotopic (exact) mass is 229 g/mol. The Hall–Kier alpha value is -0.700. The van der Waals surface area contributed by atoms with Gasteiger partial charge in [0.05, 0.1) is 11.6 Å². The Morgan fingerprint density at radius 3 is 2.80 bits per heavy atom. The van der Waals surface area contributed by atoms with Crippen molar-refractivity contribution in [2.75, 3.05) is 0 Å². The van der Waals surface area contributed by atoms with Gasteiger partial charge in [-0.05, 0) is 31.6 Å². The molecule has 0 spiro atoms. The lowest BCUT2D eigenvalue weighted by molar-refractivity contribution is 0.0990. The highest BCUT2D eigenvalue weighted by atomic mass is 35.5. The van der Waals surface area contributed by atoms with Crippen molar-refractivity contribution in [3.8, 4) is 6.08 Å². The van der Waals surface area contributed by atoms with E-state index >= 15 is 0 Å². The molecule has 1 fully saturated rings. The number of nitrogens with zero attached hydrogens (tertiary/aromatic N) is 1. The molecule has 0 amide bonds. The van der Waals surface area contributed by atoms with Gasteiger partial charge in [0.25, 0.3) is 0 Å². The third-order valence-electron chi connectivity index (χ3n) is 2.90. The molecule has 0 radical (unpaired) electrons. The predicted octanol–water partition coefficient (Wildman–Crippen LogP) is 3.37. The maximum atomic E-state index is 5.65. The summed E-state index contributed by atoms with van der Waals surface area (Å²) in [5.41, 5.74) is 0.732. The van der Waals surface area contributed by atoms with Crippen molar-refractivity contribution in [2.24, 2.45) is 5.92 Å². The van der Waals surface area contributed by atoms with Gasteiger partial charge in [-0.25, -0.2) is 0 Å². The van der Waals surface area contributed by atoms with Gasteiger partial charge in [-0.15, -0.1) is 11.6 Å². The van der Waals surface area contributed by atoms with Crippen molar-refractivity contribution in [3.63, 3.8) is 0 Å². The molecular formula is C11H16ClNO2. The van der Waals surface area contributed by atoms with Crippen LogP contribution < -0.4 is 4.74 Å². The smallest absolute Gasteiger partial charge is 0.394 e. The number of rotatable bonds is 3. The Morgan fingerprint density at radius 2 is 2.20 bits per heavy atom. The molecule has 1 saturated carbocycles. The number of oxazole rings is 1. The summed E-state index contributed by atoms with van der Waals surface area (Å²) in [6, 6.07) is 0. The van der Waals surface area contributed by atoms with E-state index in [2.05, 4.69) is 11.9 Å². The van der Waals surface area contributed by atoms with E-state index in [9.17, 15) is 0 Å². The van der Waals surface area contributed by atoms with E-state index in [0.29, 0.717) is 12.0 Å². The molecule has 84 valence electrons. The molecule has 15 heavy (non-hydrogen) atoms. The molecule has 1 aromatic heterocycles. The van der Waals surface area contributed by atoms with Gasteiger partial charge < -0.3 is 9.15 Å². The number of ether oxygens (including phenoxy) is 1. The number of hydrogen-bond acceptors (Lipinski definition) is 3. The van der Waals surface area contributed by atoms with E-state index in [0.717, 1.165) is 24.5 Å². The van der Waals surface area contributed by atoms with Crippen molar-refractivity contribution in [1.82, 2.24) is 4.98 Å². The molecule has 2 rings (SSSR count). The molecule has 1 aliphatic rings. The van der Waals surface area contributed by atoms with Crippen LogP contribution in [0.3, 0.4) is 0 Å². The Bertz CT molecular complexity index is 305. The third kappa shape index (κ3) is 2.88. The zero-order chi connectivity index (χ0) is 10.7. The van der Waals surface area contributed by atoms with Crippen LogP contribution in [-0.2, 0) is 5.88 Å². The molecule has 0 N–H and O–H groups in total. The third-order valence-corrected chi connectivity index (χ3v) is 3.17. The van der Waals surface area contributed by atoms with Crippen LogP contribution in [-0.4, -0.2) is 11.1 Å². The van der Waals surface area contributed by atoms with Crippen LogP contribution in [0.2, 0.25) is 0 Å². The summed E-state index contributed by atoms with van der Waals surface area (Å²) < 4.78 is 10.8. The van der Waals surface area contributed by atoms with Crippen molar-refractivity contribution in [1.29, 1.82) is 0 Å². The van der Waals surface area contributed by atoms with Gasteiger partial charge in [-0.1, -0.05) is 6.92 Å². The Morgan fingerprint density at radius 1 is 1.47 bits per heavy atom. The molecule has 1 heterocycles. The van der Waals surface area contributed by atoms with Crippen molar-refractivity contribution < 1.29 is 9.15 Å². The van der Waals surface area contributed by atoms with Crippen molar-refractivity contribution in [3.05, 3.63) is 12.0 Å². The second-order valence-electron chi connectivity index (χ2n) is 4.24. The van der Waals surface area contributed by atoms with Gasteiger partial charge in [-0.3, -0.25) is 0 Å². The summed E-state index contributed by atoms with van der Waals surface area (Å²) in [5.74, 6) is 1.20. The van der Waals surface area contributed by atoms with E-state index in [4.69, 9.17) is 20.8 Å². The molecule has 3 nitrogen and oxygen atoms in total. The fraction of sp³-hybridized carbons (Fsp3) is 0.727. The van der Waals surface area contributed by atoms with Gasteiger partial charge in [0.2, 0.25) is 0 Å². The quantitative estimate of drug-likeness (QED) is 0.746. The number of aromatic nitrogens is 1. The van der Waals surface area contributed by atoms with Crippen LogP contribution >= 0.6 is 11.6 Å². The summed E-state index contributed by atoms with van der Waals surface area (Å²) in [6.07, 6.45) is 6.84. The lowest BCUT2D eigenvalue weighted by Gasteiger charge is -2.25. The highest BCUT2D eigenvalue weighted by molar-refractivity contribution is 6.16. The first kappa shape index (κ1) is 10.8. The molecule has 1 aliphatic carbocycles. The average Bonchev–Trinajstić information content (AvgIpc) is 2.69. The Balaban J connectivity index is 1.86.